The van der Waals surface area contributed by atoms with Crippen LogP contribution < -0.4 is 5.32 Å². The Labute approximate surface area is 96.9 Å². The van der Waals surface area contributed by atoms with Crippen molar-refractivity contribution in [2.24, 2.45) is 0 Å². The average Bonchev–Trinajstić information content (AvgIpc) is 2.55. The number of hydrogen-bond acceptors (Lipinski definition) is 3. The second-order valence-electron chi connectivity index (χ2n) is 3.25. The molecule has 5 nitrogen and oxygen atoms in total. The van der Waals surface area contributed by atoms with Gasteiger partial charge in [0.1, 0.15) is 6.04 Å². The molecule has 1 atom stereocenters. The van der Waals surface area contributed by atoms with Gasteiger partial charge in [-0.25, -0.2) is 4.79 Å². The highest BCUT2D eigenvalue weighted by atomic mass is 35.5. The van der Waals surface area contributed by atoms with Gasteiger partial charge in [-0.1, -0.05) is 23.7 Å². The maximum atomic E-state index is 11.7. The van der Waals surface area contributed by atoms with E-state index in [0.29, 0.717) is 15.6 Å². The highest BCUT2D eigenvalue weighted by Crippen LogP contribution is 2.23. The van der Waals surface area contributed by atoms with Crippen LogP contribution in [0.2, 0.25) is 5.02 Å². The summed E-state index contributed by atoms with van der Waals surface area (Å²) in [7, 11) is 1.27. The number of amides is 3. The summed E-state index contributed by atoms with van der Waals surface area (Å²) < 4.78 is 0. The van der Waals surface area contributed by atoms with Gasteiger partial charge in [0.05, 0.1) is 7.11 Å². The fraction of sp³-hybridized carbons (Fsp3) is 0.200. The molecule has 0 bridgehead atoms. The molecule has 1 saturated heterocycles. The first-order valence-corrected chi connectivity index (χ1v) is 4.95. The van der Waals surface area contributed by atoms with E-state index < -0.39 is 18.0 Å². The smallest absolute Gasteiger partial charge is 0.320 e. The second kappa shape index (κ2) is 4.11. The molecule has 16 heavy (non-hydrogen) atoms. The summed E-state index contributed by atoms with van der Waals surface area (Å²) in [5, 5.41) is 3.78. The second-order valence-corrected chi connectivity index (χ2v) is 3.69. The molecule has 2 rings (SSSR count). The standard InChI is InChI=1S/C10H9ClN2O3/c1-16-13-9(14)8(12-10(13)15)6-2-4-7(11)5-3-6/h2-5,8H,1H3,(H,12,15). The van der Waals surface area contributed by atoms with Crippen LogP contribution in [0.3, 0.4) is 0 Å². The summed E-state index contributed by atoms with van der Waals surface area (Å²) in [5.74, 6) is -0.435. The van der Waals surface area contributed by atoms with Gasteiger partial charge < -0.3 is 5.32 Å². The van der Waals surface area contributed by atoms with E-state index in [2.05, 4.69) is 10.2 Å². The zero-order valence-corrected chi connectivity index (χ0v) is 9.19. The number of nitrogens with one attached hydrogen (secondary N) is 1. The van der Waals surface area contributed by atoms with E-state index in [9.17, 15) is 9.59 Å². The van der Waals surface area contributed by atoms with Crippen LogP contribution in [0.1, 0.15) is 11.6 Å². The first-order valence-electron chi connectivity index (χ1n) is 4.57. The van der Waals surface area contributed by atoms with E-state index in [1.54, 1.807) is 24.3 Å². The fourth-order valence-corrected chi connectivity index (χ4v) is 1.64. The van der Waals surface area contributed by atoms with Crippen LogP contribution in [-0.2, 0) is 9.63 Å². The van der Waals surface area contributed by atoms with E-state index in [1.165, 1.54) is 7.11 Å². The SMILES string of the molecule is CON1C(=O)NC(c2ccc(Cl)cc2)C1=O. The zero-order chi connectivity index (χ0) is 11.7. The molecule has 0 aromatic heterocycles. The van der Waals surface area contributed by atoms with Gasteiger partial charge in [-0.15, -0.1) is 5.06 Å². The Balaban J connectivity index is 2.27. The first-order chi connectivity index (χ1) is 7.63. The third-order valence-electron chi connectivity index (χ3n) is 2.29. The van der Waals surface area contributed by atoms with Crippen LogP contribution in [0.4, 0.5) is 4.79 Å². The summed E-state index contributed by atoms with van der Waals surface area (Å²) in [5.41, 5.74) is 0.669. The predicted molar refractivity (Wildman–Crippen MR) is 56.6 cm³/mol. The molecular formula is C10H9ClN2O3. The lowest BCUT2D eigenvalue weighted by atomic mass is 10.1. The van der Waals surface area contributed by atoms with Gasteiger partial charge in [-0.2, -0.15) is 0 Å². The van der Waals surface area contributed by atoms with Gasteiger partial charge >= 0.3 is 6.03 Å². The van der Waals surface area contributed by atoms with Crippen molar-refractivity contribution in [2.45, 2.75) is 6.04 Å². The number of imide groups is 1. The minimum atomic E-state index is -0.704. The minimum absolute atomic E-state index is 0.435. The molecule has 6 heteroatoms. The molecule has 0 spiro atoms. The average molecular weight is 241 g/mol. The van der Waals surface area contributed by atoms with Gasteiger partial charge in [-0.05, 0) is 17.7 Å². The molecular weight excluding hydrogens is 232 g/mol. The summed E-state index contributed by atoms with van der Waals surface area (Å²) >= 11 is 5.73. The number of carbonyl (C=O) groups is 2. The molecule has 84 valence electrons. The van der Waals surface area contributed by atoms with Gasteiger partial charge in [0.15, 0.2) is 0 Å². The van der Waals surface area contributed by atoms with Crippen LogP contribution in [-0.4, -0.2) is 24.1 Å². The quantitative estimate of drug-likeness (QED) is 0.797. The van der Waals surface area contributed by atoms with Crippen molar-refractivity contribution in [1.29, 1.82) is 0 Å². The van der Waals surface area contributed by atoms with Crippen molar-refractivity contribution in [1.82, 2.24) is 10.4 Å². The van der Waals surface area contributed by atoms with Crippen molar-refractivity contribution in [3.05, 3.63) is 34.9 Å². The van der Waals surface area contributed by atoms with E-state index in [4.69, 9.17) is 11.6 Å². The molecule has 1 heterocycles. The third kappa shape index (κ3) is 1.75. The predicted octanol–water partition coefficient (Wildman–Crippen LogP) is 1.49. The number of urea groups is 1. The van der Waals surface area contributed by atoms with Gasteiger partial charge in [0, 0.05) is 5.02 Å². The summed E-state index contributed by atoms with van der Waals surface area (Å²) in [4.78, 5) is 27.7. The highest BCUT2D eigenvalue weighted by Gasteiger charge is 2.39. The molecule has 1 N–H and O–H groups in total. The molecule has 1 unspecified atom stereocenters. The summed E-state index contributed by atoms with van der Waals surface area (Å²) in [6.45, 7) is 0. The van der Waals surface area contributed by atoms with E-state index in [0.717, 1.165) is 0 Å². The number of hydroxylamine groups is 2. The van der Waals surface area contributed by atoms with Crippen molar-refractivity contribution in [3.63, 3.8) is 0 Å². The Hall–Kier alpha value is -1.59. The van der Waals surface area contributed by atoms with E-state index in [1.807, 2.05) is 0 Å². The Morgan fingerprint density at radius 1 is 1.31 bits per heavy atom. The Morgan fingerprint density at radius 2 is 1.94 bits per heavy atom. The van der Waals surface area contributed by atoms with Crippen LogP contribution >= 0.6 is 11.6 Å². The summed E-state index contributed by atoms with van der Waals surface area (Å²) in [6.07, 6.45) is 0. The molecule has 1 aromatic carbocycles. The molecule has 1 fully saturated rings. The number of nitrogens with zero attached hydrogens (tertiary/aromatic N) is 1. The van der Waals surface area contributed by atoms with Crippen molar-refractivity contribution < 1.29 is 14.4 Å². The zero-order valence-electron chi connectivity index (χ0n) is 8.44. The maximum absolute atomic E-state index is 11.7. The lowest BCUT2D eigenvalue weighted by Crippen LogP contribution is -2.29. The Bertz CT molecular complexity index is 432. The number of hydrogen-bond donors (Lipinski definition) is 1. The number of carbonyl (C=O) groups excluding carboxylic acids is 2. The highest BCUT2D eigenvalue weighted by molar-refractivity contribution is 6.30. The molecule has 1 aliphatic heterocycles. The molecule has 0 aliphatic carbocycles. The molecule has 1 aliphatic rings. The summed E-state index contributed by atoms with van der Waals surface area (Å²) in [6, 6.07) is 5.42. The van der Waals surface area contributed by atoms with Gasteiger partial charge in [0.2, 0.25) is 0 Å². The Morgan fingerprint density at radius 3 is 2.44 bits per heavy atom. The third-order valence-corrected chi connectivity index (χ3v) is 2.54. The van der Waals surface area contributed by atoms with Crippen molar-refractivity contribution in [3.8, 4) is 0 Å². The Kier molecular flexibility index (Phi) is 2.80. The largest absolute Gasteiger partial charge is 0.349 e. The van der Waals surface area contributed by atoms with Crippen molar-refractivity contribution >= 4 is 23.5 Å². The molecule has 0 radical (unpaired) electrons. The number of halogens is 1. The van der Waals surface area contributed by atoms with Gasteiger partial charge in [0.25, 0.3) is 5.91 Å². The van der Waals surface area contributed by atoms with Crippen molar-refractivity contribution in [2.75, 3.05) is 7.11 Å². The normalized spacial score (nSPS) is 20.1. The topological polar surface area (TPSA) is 58.6 Å². The number of rotatable bonds is 2. The maximum Gasteiger partial charge on any atom is 0.349 e. The van der Waals surface area contributed by atoms with E-state index >= 15 is 0 Å². The lowest BCUT2D eigenvalue weighted by molar-refractivity contribution is -0.156. The monoisotopic (exact) mass is 240 g/mol. The molecule has 1 aromatic rings. The van der Waals surface area contributed by atoms with Crippen LogP contribution in [0.5, 0.6) is 0 Å². The molecule has 3 amide bonds. The minimum Gasteiger partial charge on any atom is -0.320 e. The van der Waals surface area contributed by atoms with E-state index in [-0.39, 0.29) is 0 Å². The van der Waals surface area contributed by atoms with Gasteiger partial charge in [-0.3, -0.25) is 9.63 Å². The lowest BCUT2D eigenvalue weighted by Gasteiger charge is -2.09. The van der Waals surface area contributed by atoms with Crippen LogP contribution in [0, 0.1) is 0 Å². The first kappa shape index (κ1) is 10.9. The molecule has 0 saturated carbocycles. The fourth-order valence-electron chi connectivity index (χ4n) is 1.52. The van der Waals surface area contributed by atoms with Crippen LogP contribution in [0.25, 0.3) is 0 Å². The van der Waals surface area contributed by atoms with Crippen LogP contribution in [0.15, 0.2) is 24.3 Å². The number of benzene rings is 1.